The van der Waals surface area contributed by atoms with Gasteiger partial charge in [0.2, 0.25) is 11.8 Å². The minimum Gasteiger partial charge on any atom is -0.383 e. The van der Waals surface area contributed by atoms with Crippen molar-refractivity contribution in [2.24, 2.45) is 0 Å². The number of halogens is 1. The smallest absolute Gasteiger partial charge is 0.246 e. The van der Waals surface area contributed by atoms with E-state index in [-0.39, 0.29) is 37.3 Å². The standard InChI is InChI=1S/C15H21N3O3.ClH/c1-21-9-7-16-10-14(19)17-11-15(20)18-8-6-12-4-2-3-5-13(12)18;/h2-5,16H,6-11H2,1H3,(H,17,19);1H. The molecule has 0 atom stereocenters. The van der Waals surface area contributed by atoms with E-state index in [1.54, 1.807) is 12.0 Å². The van der Waals surface area contributed by atoms with Crippen molar-refractivity contribution in [2.45, 2.75) is 6.42 Å². The fraction of sp³-hybridized carbons (Fsp3) is 0.467. The Bertz CT molecular complexity index is 511. The van der Waals surface area contributed by atoms with Gasteiger partial charge < -0.3 is 20.3 Å². The highest BCUT2D eigenvalue weighted by molar-refractivity contribution is 5.98. The van der Waals surface area contributed by atoms with Gasteiger partial charge in [-0.15, -0.1) is 12.4 Å². The van der Waals surface area contributed by atoms with Crippen LogP contribution in [0.3, 0.4) is 0 Å². The van der Waals surface area contributed by atoms with E-state index in [0.29, 0.717) is 19.7 Å². The number of carbonyl (C=O) groups is 2. The Hall–Kier alpha value is -1.63. The second kappa shape index (κ2) is 9.40. The summed E-state index contributed by atoms with van der Waals surface area (Å²) in [4.78, 5) is 25.5. The van der Waals surface area contributed by atoms with Crippen LogP contribution in [0.25, 0.3) is 0 Å². The van der Waals surface area contributed by atoms with E-state index in [0.717, 1.165) is 12.1 Å². The number of carbonyl (C=O) groups excluding carboxylic acids is 2. The topological polar surface area (TPSA) is 70.7 Å². The highest BCUT2D eigenvalue weighted by atomic mass is 35.5. The van der Waals surface area contributed by atoms with Crippen LogP contribution in [0.4, 0.5) is 5.69 Å². The molecule has 7 heteroatoms. The van der Waals surface area contributed by atoms with Crippen molar-refractivity contribution >= 4 is 29.9 Å². The minimum absolute atomic E-state index is 0. The van der Waals surface area contributed by atoms with E-state index < -0.39 is 0 Å². The molecule has 0 aromatic heterocycles. The fourth-order valence-electron chi connectivity index (χ4n) is 2.31. The monoisotopic (exact) mass is 327 g/mol. The third kappa shape index (κ3) is 4.98. The lowest BCUT2D eigenvalue weighted by Gasteiger charge is -2.17. The van der Waals surface area contributed by atoms with Crippen LogP contribution < -0.4 is 15.5 Å². The summed E-state index contributed by atoms with van der Waals surface area (Å²) < 4.78 is 4.87. The maximum absolute atomic E-state index is 12.2. The first-order valence-corrected chi connectivity index (χ1v) is 7.07. The summed E-state index contributed by atoms with van der Waals surface area (Å²) in [6.45, 7) is 2.06. The largest absolute Gasteiger partial charge is 0.383 e. The van der Waals surface area contributed by atoms with E-state index in [1.807, 2.05) is 24.3 Å². The minimum atomic E-state index is -0.188. The van der Waals surface area contributed by atoms with E-state index in [4.69, 9.17) is 4.74 Å². The number of nitrogens with zero attached hydrogens (tertiary/aromatic N) is 1. The van der Waals surface area contributed by atoms with E-state index in [2.05, 4.69) is 10.6 Å². The van der Waals surface area contributed by atoms with Gasteiger partial charge in [-0.25, -0.2) is 0 Å². The average molecular weight is 328 g/mol. The zero-order chi connectivity index (χ0) is 15.1. The molecule has 1 heterocycles. The lowest BCUT2D eigenvalue weighted by atomic mass is 10.2. The molecule has 1 aliphatic rings. The van der Waals surface area contributed by atoms with Crippen molar-refractivity contribution < 1.29 is 14.3 Å². The van der Waals surface area contributed by atoms with Crippen LogP contribution in [0.15, 0.2) is 24.3 Å². The van der Waals surface area contributed by atoms with Crippen molar-refractivity contribution in [2.75, 3.05) is 44.8 Å². The highest BCUT2D eigenvalue weighted by Gasteiger charge is 2.23. The Balaban J connectivity index is 0.00000242. The molecule has 2 N–H and O–H groups in total. The van der Waals surface area contributed by atoms with Gasteiger partial charge in [0.05, 0.1) is 19.7 Å². The summed E-state index contributed by atoms with van der Waals surface area (Å²) in [5.74, 6) is -0.267. The lowest BCUT2D eigenvalue weighted by Crippen LogP contribution is -2.42. The predicted molar refractivity (Wildman–Crippen MR) is 87.5 cm³/mol. The Morgan fingerprint density at radius 1 is 1.27 bits per heavy atom. The molecule has 6 nitrogen and oxygen atoms in total. The molecular weight excluding hydrogens is 306 g/mol. The van der Waals surface area contributed by atoms with Crippen LogP contribution in [0.5, 0.6) is 0 Å². The van der Waals surface area contributed by atoms with Crippen LogP contribution in [-0.4, -0.2) is 51.7 Å². The van der Waals surface area contributed by atoms with Crippen molar-refractivity contribution in [3.63, 3.8) is 0 Å². The predicted octanol–water partition coefficient (Wildman–Crippen LogP) is 0.350. The first kappa shape index (κ1) is 18.4. The molecule has 1 aromatic rings. The van der Waals surface area contributed by atoms with Crippen LogP contribution in [0.1, 0.15) is 5.56 Å². The fourth-order valence-corrected chi connectivity index (χ4v) is 2.31. The second-order valence-corrected chi connectivity index (χ2v) is 4.87. The number of para-hydroxylation sites is 1. The van der Waals surface area contributed by atoms with Gasteiger partial charge in [-0.3, -0.25) is 9.59 Å². The average Bonchev–Trinajstić information content (AvgIpc) is 2.93. The molecule has 2 rings (SSSR count). The number of anilines is 1. The first-order valence-electron chi connectivity index (χ1n) is 7.07. The van der Waals surface area contributed by atoms with Crippen molar-refractivity contribution in [1.29, 1.82) is 0 Å². The number of hydrogen-bond acceptors (Lipinski definition) is 4. The van der Waals surface area contributed by atoms with Gasteiger partial charge in [0, 0.05) is 25.9 Å². The molecule has 0 radical (unpaired) electrons. The summed E-state index contributed by atoms with van der Waals surface area (Å²) in [7, 11) is 1.61. The summed E-state index contributed by atoms with van der Waals surface area (Å²) >= 11 is 0. The number of amides is 2. The van der Waals surface area contributed by atoms with Crippen LogP contribution >= 0.6 is 12.4 Å². The van der Waals surface area contributed by atoms with Gasteiger partial charge in [-0.1, -0.05) is 18.2 Å². The molecule has 1 aromatic carbocycles. The third-order valence-electron chi connectivity index (χ3n) is 3.39. The van der Waals surface area contributed by atoms with Gasteiger partial charge in [-0.05, 0) is 18.1 Å². The van der Waals surface area contributed by atoms with Gasteiger partial charge in [0.25, 0.3) is 0 Å². The lowest BCUT2D eigenvalue weighted by molar-refractivity contribution is -0.124. The molecule has 0 aliphatic carbocycles. The highest BCUT2D eigenvalue weighted by Crippen LogP contribution is 2.27. The molecule has 2 amide bonds. The molecule has 0 bridgehead atoms. The molecule has 22 heavy (non-hydrogen) atoms. The number of hydrogen-bond donors (Lipinski definition) is 2. The molecule has 122 valence electrons. The van der Waals surface area contributed by atoms with Crippen molar-refractivity contribution in [3.8, 4) is 0 Å². The Morgan fingerprint density at radius 2 is 2.05 bits per heavy atom. The van der Waals surface area contributed by atoms with Crippen LogP contribution in [-0.2, 0) is 20.7 Å². The normalized spacial score (nSPS) is 12.5. The summed E-state index contributed by atoms with van der Waals surface area (Å²) in [5, 5.41) is 5.57. The quantitative estimate of drug-likeness (QED) is 0.709. The second-order valence-electron chi connectivity index (χ2n) is 4.87. The van der Waals surface area contributed by atoms with Gasteiger partial charge in [-0.2, -0.15) is 0 Å². The zero-order valence-corrected chi connectivity index (χ0v) is 13.4. The number of rotatable bonds is 7. The zero-order valence-electron chi connectivity index (χ0n) is 12.6. The number of ether oxygens (including phenoxy) is 1. The maximum atomic E-state index is 12.2. The van der Waals surface area contributed by atoms with Gasteiger partial charge >= 0.3 is 0 Å². The van der Waals surface area contributed by atoms with Crippen LogP contribution in [0, 0.1) is 0 Å². The van der Waals surface area contributed by atoms with E-state index in [1.165, 1.54) is 5.56 Å². The first-order chi connectivity index (χ1) is 10.2. The molecule has 0 unspecified atom stereocenters. The summed E-state index contributed by atoms with van der Waals surface area (Å²) in [6, 6.07) is 7.86. The Kier molecular flexibility index (Phi) is 7.87. The molecule has 0 saturated heterocycles. The number of benzene rings is 1. The molecule has 1 aliphatic heterocycles. The maximum Gasteiger partial charge on any atom is 0.246 e. The summed E-state index contributed by atoms with van der Waals surface area (Å²) in [5.41, 5.74) is 2.13. The molecule has 0 spiro atoms. The third-order valence-corrected chi connectivity index (χ3v) is 3.39. The van der Waals surface area contributed by atoms with Crippen LogP contribution in [0.2, 0.25) is 0 Å². The number of fused-ring (bicyclic) bond motifs is 1. The molecular formula is C15H22ClN3O3. The van der Waals surface area contributed by atoms with E-state index >= 15 is 0 Å². The van der Waals surface area contributed by atoms with E-state index in [9.17, 15) is 9.59 Å². The van der Waals surface area contributed by atoms with Crippen molar-refractivity contribution in [3.05, 3.63) is 29.8 Å². The Morgan fingerprint density at radius 3 is 2.82 bits per heavy atom. The number of methoxy groups -OCH3 is 1. The molecule has 0 saturated carbocycles. The Labute approximate surface area is 136 Å². The summed E-state index contributed by atoms with van der Waals surface area (Å²) in [6.07, 6.45) is 0.869. The SMILES string of the molecule is COCCNCC(=O)NCC(=O)N1CCc2ccccc21.Cl. The number of nitrogens with one attached hydrogen (secondary N) is 2. The van der Waals surface area contributed by atoms with Gasteiger partial charge in [0.1, 0.15) is 0 Å². The van der Waals surface area contributed by atoms with Crippen molar-refractivity contribution in [1.82, 2.24) is 10.6 Å². The molecule has 0 fully saturated rings. The van der Waals surface area contributed by atoms with Gasteiger partial charge in [0.15, 0.2) is 0 Å².